The van der Waals surface area contributed by atoms with E-state index in [2.05, 4.69) is 19.9 Å². The minimum atomic E-state index is -0.422. The van der Waals surface area contributed by atoms with Crippen molar-refractivity contribution >= 4 is 16.9 Å². The number of carbonyl (C=O) groups is 1. The molecule has 1 amide bonds. The molecule has 3 aromatic heterocycles. The molecule has 1 aliphatic rings. The Kier molecular flexibility index (Phi) is 3.53. The van der Waals surface area contributed by atoms with Gasteiger partial charge in [0.15, 0.2) is 5.54 Å². The summed E-state index contributed by atoms with van der Waals surface area (Å²) >= 11 is 0. The molecule has 7 nitrogen and oxygen atoms in total. The predicted molar refractivity (Wildman–Crippen MR) is 93.6 cm³/mol. The number of aromatic nitrogens is 4. The van der Waals surface area contributed by atoms with Gasteiger partial charge in [-0.15, -0.1) is 0 Å². The highest BCUT2D eigenvalue weighted by atomic mass is 16.2. The average Bonchev–Trinajstić information content (AvgIpc) is 3.25. The lowest BCUT2D eigenvalue weighted by Crippen LogP contribution is -2.65. The molecule has 0 bridgehead atoms. The van der Waals surface area contributed by atoms with Crippen molar-refractivity contribution in [3.05, 3.63) is 48.3 Å². The predicted octanol–water partition coefficient (Wildman–Crippen LogP) is 2.29. The van der Waals surface area contributed by atoms with Crippen molar-refractivity contribution in [3.8, 4) is 11.1 Å². The number of pyridine rings is 1. The van der Waals surface area contributed by atoms with E-state index in [1.54, 1.807) is 11.1 Å². The summed E-state index contributed by atoms with van der Waals surface area (Å²) in [5.41, 5.74) is 2.45. The molecule has 0 radical (unpaired) electrons. The summed E-state index contributed by atoms with van der Waals surface area (Å²) in [5, 5.41) is 5.56. The minimum absolute atomic E-state index is 0.121. The van der Waals surface area contributed by atoms with Crippen molar-refractivity contribution in [1.29, 1.82) is 0 Å². The van der Waals surface area contributed by atoms with Crippen LogP contribution in [0.15, 0.2) is 36.9 Å². The second-order valence-electron chi connectivity index (χ2n) is 6.42. The van der Waals surface area contributed by atoms with Gasteiger partial charge in [0.2, 0.25) is 12.5 Å². The summed E-state index contributed by atoms with van der Waals surface area (Å²) < 4.78 is 1.86. The molecule has 0 aliphatic carbocycles. The van der Waals surface area contributed by atoms with Crippen LogP contribution in [0.3, 0.4) is 0 Å². The van der Waals surface area contributed by atoms with Crippen LogP contribution in [0.2, 0.25) is 0 Å². The number of carbonyl (C=O) groups excluding carboxylic acids is 1. The van der Waals surface area contributed by atoms with Crippen molar-refractivity contribution < 1.29 is 4.79 Å². The molecule has 0 unspecified atom stereocenters. The van der Waals surface area contributed by atoms with E-state index in [1.165, 1.54) is 0 Å². The normalized spacial score (nSPS) is 15.8. The van der Waals surface area contributed by atoms with Gasteiger partial charge in [0.25, 0.3) is 0 Å². The first-order valence-corrected chi connectivity index (χ1v) is 8.25. The molecule has 126 valence electrons. The molecule has 25 heavy (non-hydrogen) atoms. The van der Waals surface area contributed by atoms with Gasteiger partial charge in [-0.1, -0.05) is 6.92 Å². The quantitative estimate of drug-likeness (QED) is 0.744. The van der Waals surface area contributed by atoms with E-state index in [4.69, 9.17) is 6.57 Å². The minimum Gasteiger partial charge on any atom is -0.346 e. The van der Waals surface area contributed by atoms with Gasteiger partial charge in [-0.25, -0.2) is 11.6 Å². The van der Waals surface area contributed by atoms with Crippen molar-refractivity contribution in [1.82, 2.24) is 24.6 Å². The highest BCUT2D eigenvalue weighted by Crippen LogP contribution is 2.33. The summed E-state index contributed by atoms with van der Waals surface area (Å²) in [6.07, 6.45) is 7.91. The summed E-state index contributed by atoms with van der Waals surface area (Å²) in [4.78, 5) is 24.7. The number of hydrogen-bond acceptors (Lipinski definition) is 3. The third-order valence-corrected chi connectivity index (χ3v) is 4.84. The molecule has 7 heteroatoms. The Morgan fingerprint density at radius 1 is 1.44 bits per heavy atom. The van der Waals surface area contributed by atoms with E-state index in [0.717, 1.165) is 22.2 Å². The number of rotatable bonds is 4. The fourth-order valence-electron chi connectivity index (χ4n) is 3.46. The number of fused-ring (bicyclic) bond motifs is 1. The van der Waals surface area contributed by atoms with E-state index >= 15 is 0 Å². The van der Waals surface area contributed by atoms with Crippen LogP contribution >= 0.6 is 0 Å². The first-order valence-electron chi connectivity index (χ1n) is 8.25. The molecule has 3 aromatic rings. The van der Waals surface area contributed by atoms with Crippen LogP contribution in [0.1, 0.15) is 13.3 Å². The second-order valence-corrected chi connectivity index (χ2v) is 6.42. The third-order valence-electron chi connectivity index (χ3n) is 4.84. The first-order chi connectivity index (χ1) is 12.2. The molecular weight excluding hydrogens is 316 g/mol. The Bertz CT molecular complexity index is 973. The van der Waals surface area contributed by atoms with Gasteiger partial charge in [-0.2, -0.15) is 5.10 Å². The molecule has 0 atom stereocenters. The van der Waals surface area contributed by atoms with Crippen molar-refractivity contribution in [2.75, 3.05) is 19.6 Å². The third kappa shape index (κ3) is 2.38. The fourth-order valence-corrected chi connectivity index (χ4v) is 3.46. The van der Waals surface area contributed by atoms with Gasteiger partial charge in [-0.3, -0.25) is 9.48 Å². The number of hydrogen-bond donors (Lipinski definition) is 1. The SMILES string of the molecule is [C-]#[N+]CC1(n2cc(-c3ccnc4[nH]ccc34)cn2)CN(C(=O)CC)C1. The number of nitrogens with zero attached hydrogens (tertiary/aromatic N) is 5. The average molecular weight is 334 g/mol. The molecule has 0 saturated carbocycles. The zero-order chi connectivity index (χ0) is 17.4. The molecule has 4 heterocycles. The van der Waals surface area contributed by atoms with Crippen LogP contribution in [-0.2, 0) is 10.3 Å². The lowest BCUT2D eigenvalue weighted by Gasteiger charge is -2.46. The van der Waals surface area contributed by atoms with Crippen molar-refractivity contribution in [2.45, 2.75) is 18.9 Å². The monoisotopic (exact) mass is 334 g/mol. The van der Waals surface area contributed by atoms with Crippen LogP contribution in [0.25, 0.3) is 27.0 Å². The molecule has 1 N–H and O–H groups in total. The molecule has 1 saturated heterocycles. The van der Waals surface area contributed by atoms with Gasteiger partial charge in [0.05, 0.1) is 19.3 Å². The van der Waals surface area contributed by atoms with E-state index < -0.39 is 5.54 Å². The topological polar surface area (TPSA) is 71.2 Å². The largest absolute Gasteiger partial charge is 0.346 e. The van der Waals surface area contributed by atoms with E-state index in [-0.39, 0.29) is 5.91 Å². The van der Waals surface area contributed by atoms with Crippen LogP contribution in [-0.4, -0.2) is 50.2 Å². The standard InChI is InChI=1S/C18H18N6O/c1-3-16(25)23-11-18(12-23,10-19-2)24-9-13(8-22-24)14-4-6-20-17-15(14)5-7-21-17/h4-9H,3,10-12H2,1H3,(H,20,21). The van der Waals surface area contributed by atoms with Crippen molar-refractivity contribution in [2.24, 2.45) is 0 Å². The molecule has 4 rings (SSSR count). The lowest BCUT2D eigenvalue weighted by atomic mass is 9.89. The summed E-state index contributed by atoms with van der Waals surface area (Å²) in [7, 11) is 0. The van der Waals surface area contributed by atoms with E-state index in [0.29, 0.717) is 26.1 Å². The lowest BCUT2D eigenvalue weighted by molar-refractivity contribution is -0.141. The first kappa shape index (κ1) is 15.4. The Morgan fingerprint density at radius 2 is 2.28 bits per heavy atom. The molecule has 1 fully saturated rings. The number of amides is 1. The van der Waals surface area contributed by atoms with Gasteiger partial charge in [-0.05, 0) is 17.7 Å². The Morgan fingerprint density at radius 3 is 3.04 bits per heavy atom. The fraction of sp³-hybridized carbons (Fsp3) is 0.333. The molecular formula is C18H18N6O. The summed E-state index contributed by atoms with van der Waals surface area (Å²) in [5.74, 6) is 0.121. The number of H-pyrrole nitrogens is 1. The summed E-state index contributed by atoms with van der Waals surface area (Å²) in [6, 6.07) is 3.96. The zero-order valence-electron chi connectivity index (χ0n) is 13.9. The Labute approximate surface area is 145 Å². The van der Waals surface area contributed by atoms with Crippen LogP contribution in [0.4, 0.5) is 0 Å². The number of nitrogens with one attached hydrogen (secondary N) is 1. The van der Waals surface area contributed by atoms with E-state index in [1.807, 2.05) is 42.3 Å². The van der Waals surface area contributed by atoms with Crippen LogP contribution in [0.5, 0.6) is 0 Å². The highest BCUT2D eigenvalue weighted by Gasteiger charge is 2.50. The van der Waals surface area contributed by atoms with Gasteiger partial charge < -0.3 is 14.7 Å². The van der Waals surface area contributed by atoms with Crippen LogP contribution in [0, 0.1) is 6.57 Å². The van der Waals surface area contributed by atoms with Crippen LogP contribution < -0.4 is 0 Å². The maximum absolute atomic E-state index is 11.9. The molecule has 0 aromatic carbocycles. The maximum atomic E-state index is 11.9. The van der Waals surface area contributed by atoms with Crippen molar-refractivity contribution in [3.63, 3.8) is 0 Å². The summed E-state index contributed by atoms with van der Waals surface area (Å²) in [6.45, 7) is 10.5. The molecule has 0 spiro atoms. The number of aromatic amines is 1. The Balaban J connectivity index is 1.67. The Hall–Kier alpha value is -3.14. The number of likely N-dealkylation sites (tertiary alicyclic amines) is 1. The highest BCUT2D eigenvalue weighted by molar-refractivity contribution is 5.92. The van der Waals surface area contributed by atoms with Gasteiger partial charge >= 0.3 is 0 Å². The van der Waals surface area contributed by atoms with E-state index in [9.17, 15) is 4.79 Å². The van der Waals surface area contributed by atoms with Gasteiger partial charge in [0.1, 0.15) is 5.65 Å². The molecule has 1 aliphatic heterocycles. The van der Waals surface area contributed by atoms with Gasteiger partial charge in [0, 0.05) is 36.0 Å². The maximum Gasteiger partial charge on any atom is 0.243 e. The second kappa shape index (κ2) is 5.74. The smallest absolute Gasteiger partial charge is 0.243 e. The zero-order valence-corrected chi connectivity index (χ0v) is 13.9.